The van der Waals surface area contributed by atoms with Crippen molar-refractivity contribution in [3.05, 3.63) is 59.1 Å². The fraction of sp³-hybridized carbons (Fsp3) is 0.278. The van der Waals surface area contributed by atoms with E-state index in [9.17, 15) is 13.2 Å². The van der Waals surface area contributed by atoms with E-state index in [4.69, 9.17) is 11.6 Å². The maximum atomic E-state index is 12.7. The zero-order chi connectivity index (χ0) is 17.9. The average Bonchev–Trinajstić information content (AvgIpc) is 2.49. The molecule has 2 aromatic carbocycles. The summed E-state index contributed by atoms with van der Waals surface area (Å²) >= 11 is 5.86. The van der Waals surface area contributed by atoms with Crippen LogP contribution in [0.2, 0.25) is 5.02 Å². The maximum Gasteiger partial charge on any atom is 0.231 e. The van der Waals surface area contributed by atoms with Crippen LogP contribution in [-0.4, -0.2) is 26.6 Å². The molecular weight excluding hydrogens is 346 g/mol. The molecule has 0 aromatic heterocycles. The highest BCUT2D eigenvalue weighted by molar-refractivity contribution is 7.90. The molecule has 0 bridgehead atoms. The van der Waals surface area contributed by atoms with Gasteiger partial charge in [-0.1, -0.05) is 23.7 Å². The Morgan fingerprint density at radius 1 is 1.04 bits per heavy atom. The molecule has 1 amide bonds. The zero-order valence-corrected chi connectivity index (χ0v) is 15.4. The van der Waals surface area contributed by atoms with E-state index in [1.165, 1.54) is 12.1 Å². The molecule has 0 aliphatic rings. The van der Waals surface area contributed by atoms with Gasteiger partial charge < -0.3 is 4.90 Å². The van der Waals surface area contributed by atoms with Crippen LogP contribution in [0.4, 0.5) is 5.69 Å². The molecule has 2 rings (SSSR count). The van der Waals surface area contributed by atoms with Crippen LogP contribution in [0.25, 0.3) is 0 Å². The second-order valence-electron chi connectivity index (χ2n) is 5.93. The van der Waals surface area contributed by atoms with Crippen LogP contribution in [0.5, 0.6) is 0 Å². The number of sulfone groups is 1. The van der Waals surface area contributed by atoms with E-state index in [-0.39, 0.29) is 23.3 Å². The third-order valence-corrected chi connectivity index (χ3v) is 4.98. The van der Waals surface area contributed by atoms with Crippen molar-refractivity contribution in [2.75, 3.05) is 11.2 Å². The molecule has 4 nitrogen and oxygen atoms in total. The molecule has 0 spiro atoms. The molecular formula is C18H20ClNO3S. The van der Waals surface area contributed by atoms with Crippen molar-refractivity contribution in [3.63, 3.8) is 0 Å². The second-order valence-corrected chi connectivity index (χ2v) is 8.38. The first-order valence-corrected chi connectivity index (χ1v) is 9.82. The van der Waals surface area contributed by atoms with Gasteiger partial charge in [0.2, 0.25) is 5.91 Å². The number of rotatable bonds is 5. The lowest BCUT2D eigenvalue weighted by Crippen LogP contribution is -2.38. The lowest BCUT2D eigenvalue weighted by Gasteiger charge is -2.27. The van der Waals surface area contributed by atoms with E-state index < -0.39 is 9.84 Å². The average molecular weight is 366 g/mol. The van der Waals surface area contributed by atoms with Crippen molar-refractivity contribution < 1.29 is 13.2 Å². The van der Waals surface area contributed by atoms with Gasteiger partial charge in [-0.05, 0) is 55.8 Å². The van der Waals surface area contributed by atoms with Crippen molar-refractivity contribution in [2.24, 2.45) is 0 Å². The van der Waals surface area contributed by atoms with Crippen LogP contribution < -0.4 is 4.90 Å². The third-order valence-electron chi connectivity index (χ3n) is 3.60. The summed E-state index contributed by atoms with van der Waals surface area (Å²) in [4.78, 5) is 14.6. The highest BCUT2D eigenvalue weighted by Gasteiger charge is 2.20. The largest absolute Gasteiger partial charge is 0.310 e. The van der Waals surface area contributed by atoms with Gasteiger partial charge in [0.1, 0.15) is 0 Å². The number of halogens is 1. The number of anilines is 1. The van der Waals surface area contributed by atoms with Gasteiger partial charge in [0, 0.05) is 23.0 Å². The normalized spacial score (nSPS) is 11.5. The van der Waals surface area contributed by atoms with Crippen LogP contribution in [-0.2, 0) is 21.1 Å². The van der Waals surface area contributed by atoms with Crippen molar-refractivity contribution >= 4 is 33.0 Å². The smallest absolute Gasteiger partial charge is 0.231 e. The van der Waals surface area contributed by atoms with Crippen molar-refractivity contribution in [1.82, 2.24) is 0 Å². The first kappa shape index (κ1) is 18.5. The molecule has 24 heavy (non-hydrogen) atoms. The van der Waals surface area contributed by atoms with Gasteiger partial charge in [-0.25, -0.2) is 8.42 Å². The van der Waals surface area contributed by atoms with Crippen LogP contribution in [0, 0.1) is 0 Å². The molecule has 0 fully saturated rings. The molecule has 0 saturated heterocycles. The summed E-state index contributed by atoms with van der Waals surface area (Å²) in [6.07, 6.45) is 1.41. The van der Waals surface area contributed by atoms with Gasteiger partial charge in [-0.2, -0.15) is 0 Å². The molecule has 0 unspecified atom stereocenters. The minimum absolute atomic E-state index is 0.0473. The van der Waals surface area contributed by atoms with Crippen molar-refractivity contribution in [2.45, 2.75) is 31.2 Å². The molecule has 0 aliphatic carbocycles. The number of hydrogen-bond acceptors (Lipinski definition) is 3. The van der Waals surface area contributed by atoms with Gasteiger partial charge >= 0.3 is 0 Å². The zero-order valence-electron chi connectivity index (χ0n) is 13.9. The molecule has 0 aliphatic heterocycles. The molecule has 0 atom stereocenters. The maximum absolute atomic E-state index is 12.7. The Kier molecular flexibility index (Phi) is 5.67. The number of carbonyl (C=O) groups is 1. The number of nitrogens with zero attached hydrogens (tertiary/aromatic N) is 1. The quantitative estimate of drug-likeness (QED) is 0.811. The molecule has 0 heterocycles. The first-order valence-electron chi connectivity index (χ1n) is 7.55. The summed E-state index contributed by atoms with van der Waals surface area (Å²) in [7, 11) is -3.25. The SMILES string of the molecule is CC(C)N(C(=O)Cc1ccc(Cl)cc1)c1ccc(S(C)(=O)=O)cc1. The Labute approximate surface area is 148 Å². The van der Waals surface area contributed by atoms with Crippen LogP contribution >= 0.6 is 11.6 Å². The summed E-state index contributed by atoms with van der Waals surface area (Å²) in [6, 6.07) is 13.5. The molecule has 0 saturated carbocycles. The number of amides is 1. The minimum atomic E-state index is -3.25. The van der Waals surface area contributed by atoms with Crippen molar-refractivity contribution in [1.29, 1.82) is 0 Å². The van der Waals surface area contributed by atoms with Crippen LogP contribution in [0.15, 0.2) is 53.4 Å². The lowest BCUT2D eigenvalue weighted by atomic mass is 10.1. The van der Waals surface area contributed by atoms with Gasteiger partial charge in [-0.15, -0.1) is 0 Å². The monoisotopic (exact) mass is 365 g/mol. The van der Waals surface area contributed by atoms with Crippen molar-refractivity contribution in [3.8, 4) is 0 Å². The first-order chi connectivity index (χ1) is 11.2. The molecule has 6 heteroatoms. The Bertz CT molecular complexity index is 812. The standard InChI is InChI=1S/C18H20ClNO3S/c1-13(2)20(16-8-10-17(11-9-16)24(3,22)23)18(21)12-14-4-6-15(19)7-5-14/h4-11,13H,12H2,1-3H3. The van der Waals surface area contributed by atoms with Gasteiger partial charge in [0.15, 0.2) is 9.84 Å². The summed E-state index contributed by atoms with van der Waals surface area (Å²) in [5, 5.41) is 0.628. The number of hydrogen-bond donors (Lipinski definition) is 0. The third kappa shape index (κ3) is 4.58. The van der Waals surface area contributed by atoms with Gasteiger partial charge in [0.25, 0.3) is 0 Å². The van der Waals surface area contributed by atoms with E-state index >= 15 is 0 Å². The number of benzene rings is 2. The fourth-order valence-electron chi connectivity index (χ4n) is 2.45. The summed E-state index contributed by atoms with van der Waals surface area (Å²) < 4.78 is 23.1. The molecule has 0 radical (unpaired) electrons. The highest BCUT2D eigenvalue weighted by atomic mass is 35.5. The Morgan fingerprint density at radius 3 is 2.04 bits per heavy atom. The van der Waals surface area contributed by atoms with Gasteiger partial charge in [-0.3, -0.25) is 4.79 Å². The molecule has 128 valence electrons. The highest BCUT2D eigenvalue weighted by Crippen LogP contribution is 2.21. The summed E-state index contributed by atoms with van der Waals surface area (Å²) in [5.74, 6) is -0.0561. The van der Waals surface area contributed by atoms with Gasteiger partial charge in [0.05, 0.1) is 11.3 Å². The van der Waals surface area contributed by atoms with E-state index in [0.717, 1.165) is 11.8 Å². The van der Waals surface area contributed by atoms with Crippen LogP contribution in [0.1, 0.15) is 19.4 Å². The summed E-state index contributed by atoms with van der Waals surface area (Å²) in [5.41, 5.74) is 1.55. The fourth-order valence-corrected chi connectivity index (χ4v) is 3.20. The minimum Gasteiger partial charge on any atom is -0.310 e. The second kappa shape index (κ2) is 7.36. The summed E-state index contributed by atoms with van der Waals surface area (Å²) in [6.45, 7) is 3.84. The topological polar surface area (TPSA) is 54.5 Å². The number of carbonyl (C=O) groups excluding carboxylic acids is 1. The predicted molar refractivity (Wildman–Crippen MR) is 97.3 cm³/mol. The predicted octanol–water partition coefficient (Wildman–Crippen LogP) is 3.73. The molecule has 0 N–H and O–H groups in total. The Morgan fingerprint density at radius 2 is 1.58 bits per heavy atom. The van der Waals surface area contributed by atoms with Crippen LogP contribution in [0.3, 0.4) is 0 Å². The molecule has 2 aromatic rings. The lowest BCUT2D eigenvalue weighted by molar-refractivity contribution is -0.118. The Balaban J connectivity index is 2.25. The van der Waals surface area contributed by atoms with E-state index in [1.54, 1.807) is 29.2 Å². The van der Waals surface area contributed by atoms with E-state index in [0.29, 0.717) is 10.7 Å². The van der Waals surface area contributed by atoms with E-state index in [2.05, 4.69) is 0 Å². The Hall–Kier alpha value is -1.85. The van der Waals surface area contributed by atoms with E-state index in [1.807, 2.05) is 26.0 Å².